The lowest BCUT2D eigenvalue weighted by Gasteiger charge is -2.32. The minimum Gasteiger partial charge on any atom is -0.368 e. The molecule has 1 atom stereocenters. The molecule has 0 spiro atoms. The highest BCUT2D eigenvalue weighted by molar-refractivity contribution is 7.08. The van der Waals surface area contributed by atoms with E-state index in [1.807, 2.05) is 26.8 Å². The van der Waals surface area contributed by atoms with Gasteiger partial charge in [-0.1, -0.05) is 11.4 Å². The lowest BCUT2D eigenvalue weighted by Crippen LogP contribution is -2.42. The zero-order valence-electron chi connectivity index (χ0n) is 13.4. The van der Waals surface area contributed by atoms with Gasteiger partial charge in [0.25, 0.3) is 5.91 Å². The Hall–Kier alpha value is -1.93. The first kappa shape index (κ1) is 15.9. The minimum atomic E-state index is -0.223. The summed E-state index contributed by atoms with van der Waals surface area (Å²) < 4.78 is 9.72. The van der Waals surface area contributed by atoms with Crippen molar-refractivity contribution in [2.24, 2.45) is 0 Å². The molecule has 0 saturated carbocycles. The molecule has 8 heteroatoms. The maximum Gasteiger partial charge on any atom is 0.267 e. The Kier molecular flexibility index (Phi) is 4.63. The molecular formula is C15H19N5O2S. The van der Waals surface area contributed by atoms with Crippen molar-refractivity contribution in [2.75, 3.05) is 19.7 Å². The summed E-state index contributed by atoms with van der Waals surface area (Å²) in [5, 5.41) is 4.02. The number of carbonyl (C=O) groups is 1. The van der Waals surface area contributed by atoms with Gasteiger partial charge in [0, 0.05) is 12.2 Å². The van der Waals surface area contributed by atoms with Gasteiger partial charge in [0.2, 0.25) is 0 Å². The Morgan fingerprint density at radius 1 is 1.43 bits per heavy atom. The second-order valence-electron chi connectivity index (χ2n) is 5.49. The molecule has 23 heavy (non-hydrogen) atoms. The number of aromatic nitrogens is 4. The summed E-state index contributed by atoms with van der Waals surface area (Å²) in [5.74, 6) is 0.694. The van der Waals surface area contributed by atoms with Crippen LogP contribution < -0.4 is 0 Å². The van der Waals surface area contributed by atoms with Gasteiger partial charge in [-0.2, -0.15) is 0 Å². The molecule has 0 unspecified atom stereocenters. The molecule has 122 valence electrons. The largest absolute Gasteiger partial charge is 0.368 e. The van der Waals surface area contributed by atoms with E-state index < -0.39 is 0 Å². The summed E-state index contributed by atoms with van der Waals surface area (Å²) in [4.78, 5) is 23.9. The fourth-order valence-corrected chi connectivity index (χ4v) is 3.39. The average Bonchev–Trinajstić information content (AvgIpc) is 3.02. The highest BCUT2D eigenvalue weighted by Crippen LogP contribution is 2.24. The Bertz CT molecular complexity index is 697. The first-order valence-corrected chi connectivity index (χ1v) is 8.40. The van der Waals surface area contributed by atoms with E-state index >= 15 is 0 Å². The van der Waals surface area contributed by atoms with Gasteiger partial charge in [0.15, 0.2) is 0 Å². The molecule has 3 rings (SSSR count). The summed E-state index contributed by atoms with van der Waals surface area (Å²) in [6.45, 7) is 7.31. The second kappa shape index (κ2) is 6.67. The van der Waals surface area contributed by atoms with Gasteiger partial charge in [0.05, 0.1) is 24.5 Å². The van der Waals surface area contributed by atoms with Crippen LogP contribution in [0.3, 0.4) is 0 Å². The number of rotatable bonds is 3. The molecule has 0 aliphatic carbocycles. The Balaban J connectivity index is 1.79. The van der Waals surface area contributed by atoms with Crippen LogP contribution in [0.4, 0.5) is 0 Å². The van der Waals surface area contributed by atoms with E-state index in [1.54, 1.807) is 4.90 Å². The summed E-state index contributed by atoms with van der Waals surface area (Å²) in [6, 6.07) is 1.91. The summed E-state index contributed by atoms with van der Waals surface area (Å²) in [5.41, 5.74) is 2.49. The van der Waals surface area contributed by atoms with E-state index in [0.29, 0.717) is 36.8 Å². The molecule has 1 aliphatic heterocycles. The molecule has 3 heterocycles. The van der Waals surface area contributed by atoms with Crippen molar-refractivity contribution < 1.29 is 9.53 Å². The molecule has 0 N–H and O–H groups in total. The van der Waals surface area contributed by atoms with E-state index in [-0.39, 0.29) is 12.0 Å². The van der Waals surface area contributed by atoms with Gasteiger partial charge in [-0.15, -0.1) is 5.10 Å². The predicted octanol–water partition coefficient (Wildman–Crippen LogP) is 1.72. The normalized spacial score (nSPS) is 18.2. The quantitative estimate of drug-likeness (QED) is 0.851. The fourth-order valence-electron chi connectivity index (χ4n) is 2.67. The smallest absolute Gasteiger partial charge is 0.267 e. The Morgan fingerprint density at radius 2 is 2.26 bits per heavy atom. The molecule has 2 aromatic rings. The molecule has 1 saturated heterocycles. The number of hydrogen-bond donors (Lipinski definition) is 0. The van der Waals surface area contributed by atoms with E-state index in [0.717, 1.165) is 28.6 Å². The number of hydrogen-bond acceptors (Lipinski definition) is 7. The summed E-state index contributed by atoms with van der Waals surface area (Å²) in [7, 11) is 0. The fraction of sp³-hybridized carbons (Fsp3) is 0.533. The van der Waals surface area contributed by atoms with E-state index in [1.165, 1.54) is 0 Å². The van der Waals surface area contributed by atoms with Gasteiger partial charge in [-0.25, -0.2) is 9.97 Å². The van der Waals surface area contributed by atoms with E-state index in [4.69, 9.17) is 4.74 Å². The third kappa shape index (κ3) is 3.37. The number of carbonyl (C=O) groups excluding carboxylic acids is 1. The molecule has 0 aromatic carbocycles. The van der Waals surface area contributed by atoms with Crippen molar-refractivity contribution in [3.05, 3.63) is 33.8 Å². The molecule has 0 radical (unpaired) electrons. The van der Waals surface area contributed by atoms with Crippen molar-refractivity contribution >= 4 is 17.4 Å². The SMILES string of the molecule is CCc1nnsc1C(=O)N1CCO[C@H](c2cc(C)nc(C)n2)C1. The lowest BCUT2D eigenvalue weighted by atomic mass is 10.1. The van der Waals surface area contributed by atoms with Crippen molar-refractivity contribution in [3.8, 4) is 0 Å². The van der Waals surface area contributed by atoms with Crippen molar-refractivity contribution in [2.45, 2.75) is 33.3 Å². The first-order chi connectivity index (χ1) is 11.1. The van der Waals surface area contributed by atoms with Crippen LogP contribution in [0.5, 0.6) is 0 Å². The molecule has 0 bridgehead atoms. The van der Waals surface area contributed by atoms with E-state index in [9.17, 15) is 4.79 Å². The van der Waals surface area contributed by atoms with Gasteiger partial charge in [-0.05, 0) is 37.9 Å². The number of morpholine rings is 1. The molecule has 1 fully saturated rings. The van der Waals surface area contributed by atoms with Crippen LogP contribution in [-0.4, -0.2) is 50.1 Å². The molecule has 2 aromatic heterocycles. The number of aryl methyl sites for hydroxylation is 3. The third-order valence-corrected chi connectivity index (χ3v) is 4.51. The molecule has 7 nitrogen and oxygen atoms in total. The first-order valence-electron chi connectivity index (χ1n) is 7.62. The molecular weight excluding hydrogens is 314 g/mol. The lowest BCUT2D eigenvalue weighted by molar-refractivity contribution is -0.0247. The zero-order valence-corrected chi connectivity index (χ0v) is 14.3. The van der Waals surface area contributed by atoms with Crippen LogP contribution in [0.2, 0.25) is 0 Å². The molecule has 1 aliphatic rings. The number of amides is 1. The third-order valence-electron chi connectivity index (χ3n) is 3.75. The van der Waals surface area contributed by atoms with Gasteiger partial charge in [-0.3, -0.25) is 4.79 Å². The molecule has 1 amide bonds. The Morgan fingerprint density at radius 3 is 3.00 bits per heavy atom. The number of nitrogens with zero attached hydrogens (tertiary/aromatic N) is 5. The standard InChI is InChI=1S/C15H19N5O2S/c1-4-11-14(23-19-18-11)15(21)20-5-6-22-13(8-20)12-7-9(2)16-10(3)17-12/h7,13H,4-6,8H2,1-3H3/t13-/m0/s1. The predicted molar refractivity (Wildman–Crippen MR) is 85.4 cm³/mol. The maximum absolute atomic E-state index is 12.7. The topological polar surface area (TPSA) is 81.1 Å². The maximum atomic E-state index is 12.7. The van der Waals surface area contributed by atoms with Crippen molar-refractivity contribution in [1.82, 2.24) is 24.5 Å². The monoisotopic (exact) mass is 333 g/mol. The van der Waals surface area contributed by atoms with Crippen molar-refractivity contribution in [3.63, 3.8) is 0 Å². The van der Waals surface area contributed by atoms with Crippen LogP contribution in [-0.2, 0) is 11.2 Å². The highest BCUT2D eigenvalue weighted by atomic mass is 32.1. The van der Waals surface area contributed by atoms with Crippen LogP contribution in [0.1, 0.15) is 45.6 Å². The summed E-state index contributed by atoms with van der Waals surface area (Å²) >= 11 is 1.16. The highest BCUT2D eigenvalue weighted by Gasteiger charge is 2.29. The van der Waals surface area contributed by atoms with Crippen LogP contribution in [0.25, 0.3) is 0 Å². The average molecular weight is 333 g/mol. The zero-order chi connectivity index (χ0) is 16.4. The van der Waals surface area contributed by atoms with Gasteiger partial charge in [0.1, 0.15) is 16.8 Å². The van der Waals surface area contributed by atoms with E-state index in [2.05, 4.69) is 19.6 Å². The minimum absolute atomic E-state index is 0.0207. The van der Waals surface area contributed by atoms with Crippen LogP contribution >= 0.6 is 11.5 Å². The van der Waals surface area contributed by atoms with Gasteiger partial charge >= 0.3 is 0 Å². The van der Waals surface area contributed by atoms with Crippen molar-refractivity contribution in [1.29, 1.82) is 0 Å². The Labute approximate surface area is 138 Å². The second-order valence-corrected chi connectivity index (χ2v) is 6.25. The van der Waals surface area contributed by atoms with Gasteiger partial charge < -0.3 is 9.64 Å². The summed E-state index contributed by atoms with van der Waals surface area (Å²) in [6.07, 6.45) is 0.481. The van der Waals surface area contributed by atoms with Crippen LogP contribution in [0, 0.1) is 13.8 Å². The van der Waals surface area contributed by atoms with Crippen LogP contribution in [0.15, 0.2) is 6.07 Å². The number of ether oxygens (including phenoxy) is 1.